The highest BCUT2D eigenvalue weighted by Gasteiger charge is 2.06. The topological polar surface area (TPSA) is 61.5 Å². The van der Waals surface area contributed by atoms with Crippen molar-refractivity contribution in [2.24, 2.45) is 5.73 Å². The number of thiocarbonyl (C=S) groups is 1. The molecule has 0 radical (unpaired) electrons. The van der Waals surface area contributed by atoms with Gasteiger partial charge in [0, 0.05) is 18.1 Å². The molecule has 1 rings (SSSR count). The second kappa shape index (κ2) is 9.28. The molecule has 0 unspecified atom stereocenters. The van der Waals surface area contributed by atoms with Crippen LogP contribution in [0.5, 0.6) is 5.75 Å². The SMILES string of the molecule is CCOC(=O)CCCCCOc1ccc(C(N)=S)c(F)c1. The number of carbonyl (C=O) groups excluding carboxylic acids is 1. The number of hydrogen-bond acceptors (Lipinski definition) is 4. The summed E-state index contributed by atoms with van der Waals surface area (Å²) in [5, 5.41) is 0. The van der Waals surface area contributed by atoms with Crippen molar-refractivity contribution in [2.75, 3.05) is 13.2 Å². The Kier molecular flexibility index (Phi) is 7.68. The molecule has 116 valence electrons. The second-order valence-electron chi connectivity index (χ2n) is 4.47. The van der Waals surface area contributed by atoms with Crippen molar-refractivity contribution in [3.8, 4) is 5.75 Å². The number of rotatable bonds is 9. The van der Waals surface area contributed by atoms with Gasteiger partial charge in [0.15, 0.2) is 0 Å². The fourth-order valence-corrected chi connectivity index (χ4v) is 1.92. The van der Waals surface area contributed by atoms with E-state index >= 15 is 0 Å². The summed E-state index contributed by atoms with van der Waals surface area (Å²) >= 11 is 4.73. The van der Waals surface area contributed by atoms with Crippen molar-refractivity contribution >= 4 is 23.2 Å². The van der Waals surface area contributed by atoms with Crippen LogP contribution in [-0.2, 0) is 9.53 Å². The van der Waals surface area contributed by atoms with E-state index in [1.165, 1.54) is 12.1 Å². The van der Waals surface area contributed by atoms with Crippen LogP contribution in [0.25, 0.3) is 0 Å². The fraction of sp³-hybridized carbons (Fsp3) is 0.467. The zero-order valence-electron chi connectivity index (χ0n) is 12.1. The number of nitrogens with two attached hydrogens (primary N) is 1. The number of halogens is 1. The van der Waals surface area contributed by atoms with E-state index in [0.29, 0.717) is 25.4 Å². The fourth-order valence-electron chi connectivity index (χ4n) is 1.76. The van der Waals surface area contributed by atoms with Gasteiger partial charge in [0.2, 0.25) is 0 Å². The van der Waals surface area contributed by atoms with Crippen LogP contribution in [0.15, 0.2) is 18.2 Å². The summed E-state index contributed by atoms with van der Waals surface area (Å²) in [5.41, 5.74) is 5.59. The van der Waals surface area contributed by atoms with Gasteiger partial charge in [-0.05, 0) is 38.3 Å². The standard InChI is InChI=1S/C15H20FNO3S/c1-2-19-14(18)6-4-3-5-9-20-11-7-8-12(15(17)21)13(16)10-11/h7-8,10H,2-6,9H2,1H3,(H2,17,21). The summed E-state index contributed by atoms with van der Waals surface area (Å²) in [6.45, 7) is 2.66. The molecule has 0 spiro atoms. The minimum absolute atomic E-state index is 0.0259. The van der Waals surface area contributed by atoms with Crippen molar-refractivity contribution in [1.82, 2.24) is 0 Å². The molecule has 1 aromatic carbocycles. The van der Waals surface area contributed by atoms with Gasteiger partial charge in [-0.3, -0.25) is 4.79 Å². The van der Waals surface area contributed by atoms with Crippen LogP contribution in [0.3, 0.4) is 0 Å². The van der Waals surface area contributed by atoms with Gasteiger partial charge >= 0.3 is 5.97 Å². The lowest BCUT2D eigenvalue weighted by Crippen LogP contribution is -2.11. The molecule has 0 atom stereocenters. The van der Waals surface area contributed by atoms with Crippen LogP contribution in [0.1, 0.15) is 38.2 Å². The molecule has 0 heterocycles. The van der Waals surface area contributed by atoms with E-state index < -0.39 is 5.82 Å². The third kappa shape index (κ3) is 6.53. The largest absolute Gasteiger partial charge is 0.493 e. The van der Waals surface area contributed by atoms with E-state index in [2.05, 4.69) is 0 Å². The molecule has 6 heteroatoms. The van der Waals surface area contributed by atoms with Crippen molar-refractivity contribution in [3.05, 3.63) is 29.6 Å². The van der Waals surface area contributed by atoms with Crippen molar-refractivity contribution in [2.45, 2.75) is 32.6 Å². The highest BCUT2D eigenvalue weighted by Crippen LogP contribution is 2.17. The van der Waals surface area contributed by atoms with Crippen LogP contribution < -0.4 is 10.5 Å². The molecule has 0 aromatic heterocycles. The zero-order chi connectivity index (χ0) is 15.7. The molecular formula is C15H20FNO3S. The molecule has 0 fully saturated rings. The zero-order valence-corrected chi connectivity index (χ0v) is 12.9. The summed E-state index contributed by atoms with van der Waals surface area (Å²) in [6, 6.07) is 4.41. The molecular weight excluding hydrogens is 293 g/mol. The Labute approximate surface area is 129 Å². The van der Waals surface area contributed by atoms with Gasteiger partial charge in [0.1, 0.15) is 16.6 Å². The summed E-state index contributed by atoms with van der Waals surface area (Å²) < 4.78 is 23.9. The Hall–Kier alpha value is -1.69. The molecule has 0 bridgehead atoms. The number of esters is 1. The minimum atomic E-state index is -0.484. The van der Waals surface area contributed by atoms with Gasteiger partial charge in [-0.15, -0.1) is 0 Å². The number of carbonyl (C=O) groups is 1. The van der Waals surface area contributed by atoms with E-state index in [9.17, 15) is 9.18 Å². The van der Waals surface area contributed by atoms with E-state index in [1.807, 2.05) is 0 Å². The predicted octanol–water partition coefficient (Wildman–Crippen LogP) is 2.96. The van der Waals surface area contributed by atoms with Gasteiger partial charge in [0.05, 0.1) is 13.2 Å². The number of hydrogen-bond donors (Lipinski definition) is 1. The van der Waals surface area contributed by atoms with E-state index in [0.717, 1.165) is 19.3 Å². The van der Waals surface area contributed by atoms with Crippen LogP contribution >= 0.6 is 12.2 Å². The minimum Gasteiger partial charge on any atom is -0.493 e. The normalized spacial score (nSPS) is 10.2. The maximum absolute atomic E-state index is 13.6. The van der Waals surface area contributed by atoms with Crippen molar-refractivity contribution in [1.29, 1.82) is 0 Å². The Morgan fingerprint density at radius 1 is 1.33 bits per heavy atom. The quantitative estimate of drug-likeness (QED) is 0.431. The molecule has 21 heavy (non-hydrogen) atoms. The average molecular weight is 313 g/mol. The molecule has 0 amide bonds. The highest BCUT2D eigenvalue weighted by molar-refractivity contribution is 7.80. The Bertz CT molecular complexity index is 494. The highest BCUT2D eigenvalue weighted by atomic mass is 32.1. The molecule has 4 nitrogen and oxygen atoms in total. The van der Waals surface area contributed by atoms with Gasteiger partial charge in [-0.2, -0.15) is 0 Å². The van der Waals surface area contributed by atoms with Crippen LogP contribution in [0, 0.1) is 5.82 Å². The van der Waals surface area contributed by atoms with Gasteiger partial charge in [-0.25, -0.2) is 4.39 Å². The van der Waals surface area contributed by atoms with E-state index in [-0.39, 0.29) is 16.5 Å². The lowest BCUT2D eigenvalue weighted by molar-refractivity contribution is -0.143. The first-order chi connectivity index (χ1) is 10.0. The Morgan fingerprint density at radius 2 is 2.10 bits per heavy atom. The van der Waals surface area contributed by atoms with Gasteiger partial charge < -0.3 is 15.2 Å². The molecule has 0 saturated heterocycles. The monoisotopic (exact) mass is 313 g/mol. The second-order valence-corrected chi connectivity index (χ2v) is 4.91. The average Bonchev–Trinajstić information content (AvgIpc) is 2.42. The molecule has 0 aliphatic heterocycles. The van der Waals surface area contributed by atoms with Crippen molar-refractivity contribution < 1.29 is 18.7 Å². The number of ether oxygens (including phenoxy) is 2. The number of benzene rings is 1. The predicted molar refractivity (Wildman–Crippen MR) is 82.9 cm³/mol. The Morgan fingerprint density at radius 3 is 2.71 bits per heavy atom. The molecule has 2 N–H and O–H groups in total. The molecule has 0 saturated carbocycles. The van der Waals surface area contributed by atoms with Crippen LogP contribution in [0.2, 0.25) is 0 Å². The first kappa shape index (κ1) is 17.4. The van der Waals surface area contributed by atoms with Crippen molar-refractivity contribution in [3.63, 3.8) is 0 Å². The summed E-state index contributed by atoms with van der Waals surface area (Å²) in [4.78, 5) is 11.1. The van der Waals surface area contributed by atoms with Gasteiger partial charge in [0.25, 0.3) is 0 Å². The number of unbranched alkanes of at least 4 members (excludes halogenated alkanes) is 2. The first-order valence-corrected chi connectivity index (χ1v) is 7.33. The summed E-state index contributed by atoms with van der Waals surface area (Å²) in [5.74, 6) is -0.214. The summed E-state index contributed by atoms with van der Waals surface area (Å²) in [7, 11) is 0. The third-order valence-electron chi connectivity index (χ3n) is 2.81. The smallest absolute Gasteiger partial charge is 0.305 e. The van der Waals surface area contributed by atoms with Crippen LogP contribution in [0.4, 0.5) is 4.39 Å². The third-order valence-corrected chi connectivity index (χ3v) is 3.03. The maximum atomic E-state index is 13.6. The van der Waals surface area contributed by atoms with E-state index in [4.69, 9.17) is 27.4 Å². The lowest BCUT2D eigenvalue weighted by Gasteiger charge is -2.08. The summed E-state index contributed by atoms with van der Waals surface area (Å²) in [6.07, 6.45) is 2.83. The van der Waals surface area contributed by atoms with Crippen LogP contribution in [-0.4, -0.2) is 24.2 Å². The lowest BCUT2D eigenvalue weighted by atomic mass is 10.2. The molecule has 0 aliphatic rings. The maximum Gasteiger partial charge on any atom is 0.305 e. The molecule has 1 aromatic rings. The Balaban J connectivity index is 2.23. The first-order valence-electron chi connectivity index (χ1n) is 6.92. The molecule has 0 aliphatic carbocycles. The van der Waals surface area contributed by atoms with Gasteiger partial charge in [-0.1, -0.05) is 12.2 Å². The van der Waals surface area contributed by atoms with E-state index in [1.54, 1.807) is 13.0 Å².